The van der Waals surface area contributed by atoms with E-state index >= 15 is 0 Å². The van der Waals surface area contributed by atoms with E-state index in [2.05, 4.69) is 0 Å². The second kappa shape index (κ2) is 6.79. The van der Waals surface area contributed by atoms with Gasteiger partial charge in [0.15, 0.2) is 0 Å². The van der Waals surface area contributed by atoms with Crippen molar-refractivity contribution in [3.8, 4) is 0 Å². The first-order valence-corrected chi connectivity index (χ1v) is 4.97. The van der Waals surface area contributed by atoms with Gasteiger partial charge in [0, 0.05) is 12.5 Å². The monoisotopic (exact) mass is 204 g/mol. The van der Waals surface area contributed by atoms with Gasteiger partial charge in [-0.25, -0.2) is 4.79 Å². The van der Waals surface area contributed by atoms with Crippen LogP contribution in [-0.2, 0) is 9.53 Å². The zero-order chi connectivity index (χ0) is 11.1. The van der Waals surface area contributed by atoms with Crippen LogP contribution in [0.1, 0.15) is 27.2 Å². The van der Waals surface area contributed by atoms with E-state index in [9.17, 15) is 4.79 Å². The number of carbonyl (C=O) groups is 1. The van der Waals surface area contributed by atoms with Crippen LogP contribution in [0.3, 0.4) is 0 Å². The van der Waals surface area contributed by atoms with Crippen LogP contribution >= 0.6 is 0 Å². The van der Waals surface area contributed by atoms with Crippen molar-refractivity contribution >= 4 is 5.97 Å². The average molecular weight is 204 g/mol. The van der Waals surface area contributed by atoms with Gasteiger partial charge in [-0.2, -0.15) is 0 Å². The smallest absolute Gasteiger partial charge is 0.332 e. The first-order chi connectivity index (χ1) is 6.56. The molecule has 4 heteroatoms. The fourth-order valence-electron chi connectivity index (χ4n) is 1.32. The van der Waals surface area contributed by atoms with Gasteiger partial charge in [0.1, 0.15) is 12.7 Å². The van der Waals surface area contributed by atoms with Crippen LogP contribution < -0.4 is 0 Å². The van der Waals surface area contributed by atoms with E-state index in [4.69, 9.17) is 14.9 Å². The molecule has 0 spiro atoms. The molecule has 0 heterocycles. The second-order valence-corrected chi connectivity index (χ2v) is 3.66. The summed E-state index contributed by atoms with van der Waals surface area (Å²) in [6, 6.07) is 0. The summed E-state index contributed by atoms with van der Waals surface area (Å²) in [5.41, 5.74) is 0. The molecule has 0 bridgehead atoms. The summed E-state index contributed by atoms with van der Waals surface area (Å²) in [4.78, 5) is 10.9. The third-order valence-corrected chi connectivity index (χ3v) is 2.45. The summed E-state index contributed by atoms with van der Waals surface area (Å²) < 4.78 is 5.06. The quantitative estimate of drug-likeness (QED) is 0.621. The Bertz CT molecular complexity index is 160. The Hall–Kier alpha value is -0.610. The average Bonchev–Trinajstić information content (AvgIpc) is 2.23. The molecule has 0 saturated carbocycles. The minimum atomic E-state index is -0.629. The van der Waals surface area contributed by atoms with Crippen LogP contribution in [-0.4, -0.2) is 35.5 Å². The van der Waals surface area contributed by atoms with Crippen molar-refractivity contribution in [3.05, 3.63) is 0 Å². The predicted molar refractivity (Wildman–Crippen MR) is 52.7 cm³/mol. The number of esters is 1. The number of rotatable bonds is 6. The molecule has 2 N–H and O–H groups in total. The number of aliphatic hydroxyl groups excluding tert-OH is 2. The molecule has 0 aromatic carbocycles. The highest BCUT2D eigenvalue weighted by atomic mass is 16.6. The van der Waals surface area contributed by atoms with Gasteiger partial charge in [0.2, 0.25) is 0 Å². The fraction of sp³-hybridized carbons (Fsp3) is 0.900. The molecule has 4 nitrogen and oxygen atoms in total. The number of carbonyl (C=O) groups excluding carboxylic acids is 1. The predicted octanol–water partition coefficient (Wildman–Crippen LogP) is 0.565. The van der Waals surface area contributed by atoms with Crippen LogP contribution in [0.4, 0.5) is 0 Å². The van der Waals surface area contributed by atoms with Crippen molar-refractivity contribution in [2.45, 2.75) is 33.3 Å². The van der Waals surface area contributed by atoms with Crippen molar-refractivity contribution in [3.63, 3.8) is 0 Å². The Morgan fingerprint density at radius 2 is 1.86 bits per heavy atom. The molecule has 0 aliphatic carbocycles. The summed E-state index contributed by atoms with van der Waals surface area (Å²) in [7, 11) is 0. The lowest BCUT2D eigenvalue weighted by Crippen LogP contribution is -2.34. The van der Waals surface area contributed by atoms with E-state index in [1.165, 1.54) is 0 Å². The number of hydrogen-bond acceptors (Lipinski definition) is 4. The number of aliphatic hydroxyl groups is 2. The van der Waals surface area contributed by atoms with E-state index in [1.807, 2.05) is 20.8 Å². The molecule has 0 saturated heterocycles. The van der Waals surface area contributed by atoms with E-state index in [-0.39, 0.29) is 24.5 Å². The minimum Gasteiger partial charge on any atom is -0.460 e. The molecule has 0 aromatic rings. The molecule has 0 rings (SSSR count). The Morgan fingerprint density at radius 3 is 2.21 bits per heavy atom. The van der Waals surface area contributed by atoms with Gasteiger partial charge < -0.3 is 14.9 Å². The summed E-state index contributed by atoms with van der Waals surface area (Å²) in [5, 5.41) is 17.5. The summed E-state index contributed by atoms with van der Waals surface area (Å²) in [6.07, 6.45) is 0.554. The van der Waals surface area contributed by atoms with Gasteiger partial charge in [0.25, 0.3) is 0 Å². The minimum absolute atomic E-state index is 0.0201. The third kappa shape index (κ3) is 4.07. The summed E-state index contributed by atoms with van der Waals surface area (Å²) in [5.74, 6) is -0.538. The Morgan fingerprint density at radius 1 is 1.29 bits per heavy atom. The second-order valence-electron chi connectivity index (χ2n) is 3.66. The Kier molecular flexibility index (Phi) is 6.49. The highest BCUT2D eigenvalue weighted by molar-refractivity contribution is 5.70. The van der Waals surface area contributed by atoms with Crippen molar-refractivity contribution < 1.29 is 19.7 Å². The van der Waals surface area contributed by atoms with Crippen LogP contribution in [0.5, 0.6) is 0 Å². The van der Waals surface area contributed by atoms with Crippen molar-refractivity contribution in [1.29, 1.82) is 0 Å². The zero-order valence-corrected chi connectivity index (χ0v) is 9.06. The van der Waals surface area contributed by atoms with Gasteiger partial charge in [-0.1, -0.05) is 27.2 Å². The largest absolute Gasteiger partial charge is 0.460 e. The molecule has 0 radical (unpaired) electrons. The fourth-order valence-corrected chi connectivity index (χ4v) is 1.32. The topological polar surface area (TPSA) is 66.8 Å². The number of hydrogen-bond donors (Lipinski definition) is 2. The first kappa shape index (κ1) is 13.4. The molecule has 0 aliphatic heterocycles. The van der Waals surface area contributed by atoms with E-state index in [1.54, 1.807) is 0 Å². The molecular formula is C10H20O4. The molecule has 0 aromatic heterocycles. The van der Waals surface area contributed by atoms with Crippen molar-refractivity contribution in [1.82, 2.24) is 0 Å². The maximum atomic E-state index is 10.9. The lowest BCUT2D eigenvalue weighted by molar-refractivity contribution is -0.159. The van der Waals surface area contributed by atoms with Crippen molar-refractivity contribution in [2.75, 3.05) is 13.2 Å². The molecule has 0 fully saturated rings. The number of ether oxygens (including phenoxy) is 1. The SMILES string of the molecule is CC[C@H](C)[C@H](OC(=O)CO)[C@@H](C)CO. The van der Waals surface area contributed by atoms with Gasteiger partial charge in [0.05, 0.1) is 0 Å². The first-order valence-electron chi connectivity index (χ1n) is 4.97. The van der Waals surface area contributed by atoms with E-state index < -0.39 is 12.6 Å². The van der Waals surface area contributed by atoms with Gasteiger partial charge in [-0.15, -0.1) is 0 Å². The normalized spacial score (nSPS) is 17.2. The third-order valence-electron chi connectivity index (χ3n) is 2.45. The maximum Gasteiger partial charge on any atom is 0.332 e. The van der Waals surface area contributed by atoms with Crippen LogP contribution in [0.2, 0.25) is 0 Å². The Labute approximate surface area is 84.9 Å². The van der Waals surface area contributed by atoms with Crippen LogP contribution in [0.25, 0.3) is 0 Å². The van der Waals surface area contributed by atoms with Gasteiger partial charge in [-0.3, -0.25) is 0 Å². The maximum absolute atomic E-state index is 10.9. The lowest BCUT2D eigenvalue weighted by Gasteiger charge is -2.27. The molecule has 0 aliphatic rings. The van der Waals surface area contributed by atoms with Crippen LogP contribution in [0, 0.1) is 11.8 Å². The molecule has 84 valence electrons. The van der Waals surface area contributed by atoms with Gasteiger partial charge >= 0.3 is 5.97 Å². The summed E-state index contributed by atoms with van der Waals surface area (Å²) >= 11 is 0. The molecule has 0 unspecified atom stereocenters. The van der Waals surface area contributed by atoms with E-state index in [0.29, 0.717) is 0 Å². The van der Waals surface area contributed by atoms with Gasteiger partial charge in [-0.05, 0) is 5.92 Å². The molecular weight excluding hydrogens is 184 g/mol. The molecule has 14 heavy (non-hydrogen) atoms. The lowest BCUT2D eigenvalue weighted by atomic mass is 9.92. The molecule has 0 amide bonds. The van der Waals surface area contributed by atoms with Crippen LogP contribution in [0.15, 0.2) is 0 Å². The van der Waals surface area contributed by atoms with E-state index in [0.717, 1.165) is 6.42 Å². The summed E-state index contributed by atoms with van der Waals surface area (Å²) in [6.45, 7) is 5.15. The highest BCUT2D eigenvalue weighted by Gasteiger charge is 2.25. The Balaban J connectivity index is 4.31. The zero-order valence-electron chi connectivity index (χ0n) is 9.06. The molecule has 3 atom stereocenters. The van der Waals surface area contributed by atoms with Crippen molar-refractivity contribution in [2.24, 2.45) is 11.8 Å². The standard InChI is InChI=1S/C10H20O4/c1-4-7(2)10(8(3)5-11)14-9(13)6-12/h7-8,10-12H,4-6H2,1-3H3/t7-,8-,10-/m0/s1. The highest BCUT2D eigenvalue weighted by Crippen LogP contribution is 2.19.